The molecule has 0 bridgehead atoms. The van der Waals surface area contributed by atoms with Crippen LogP contribution in [0.3, 0.4) is 0 Å². The van der Waals surface area contributed by atoms with Gasteiger partial charge in [-0.25, -0.2) is 9.98 Å². The van der Waals surface area contributed by atoms with Gasteiger partial charge in [0, 0.05) is 51.4 Å². The highest BCUT2D eigenvalue weighted by molar-refractivity contribution is 14.0. The third-order valence-corrected chi connectivity index (χ3v) is 6.23. The number of halogens is 1. The molecule has 2 aliphatic rings. The first kappa shape index (κ1) is 25.5. The predicted molar refractivity (Wildman–Crippen MR) is 141 cm³/mol. The average Bonchev–Trinajstić information content (AvgIpc) is 3.54. The van der Waals surface area contributed by atoms with Crippen LogP contribution in [-0.4, -0.2) is 83.4 Å². The summed E-state index contributed by atoms with van der Waals surface area (Å²) in [6.07, 6.45) is 3.94. The van der Waals surface area contributed by atoms with Crippen LogP contribution in [0.2, 0.25) is 0 Å². The average molecular weight is 566 g/mol. The highest BCUT2D eigenvalue weighted by Gasteiger charge is 2.30. The highest BCUT2D eigenvalue weighted by atomic mass is 127. The van der Waals surface area contributed by atoms with Crippen LogP contribution < -0.4 is 5.32 Å². The molecule has 1 amide bonds. The lowest BCUT2D eigenvalue weighted by Crippen LogP contribution is -2.57. The van der Waals surface area contributed by atoms with Gasteiger partial charge in [-0.1, -0.05) is 18.2 Å². The lowest BCUT2D eigenvalue weighted by atomic mass is 10.2. The second-order valence-corrected chi connectivity index (χ2v) is 8.41. The molecule has 180 valence electrons. The summed E-state index contributed by atoms with van der Waals surface area (Å²) in [6.45, 7) is 10.6. The molecule has 0 radical (unpaired) electrons. The molecule has 1 N–H and O–H groups in total. The Labute approximate surface area is 213 Å². The van der Waals surface area contributed by atoms with E-state index in [0.29, 0.717) is 12.4 Å². The summed E-state index contributed by atoms with van der Waals surface area (Å²) in [7, 11) is 0. The van der Waals surface area contributed by atoms with Crippen LogP contribution >= 0.6 is 24.0 Å². The molecule has 9 heteroatoms. The lowest BCUT2D eigenvalue weighted by Gasteiger charge is -2.39. The van der Waals surface area contributed by atoms with E-state index >= 15 is 0 Å². The van der Waals surface area contributed by atoms with E-state index in [9.17, 15) is 4.79 Å². The Morgan fingerprint density at radius 3 is 2.45 bits per heavy atom. The van der Waals surface area contributed by atoms with Crippen molar-refractivity contribution in [2.75, 3.05) is 45.8 Å². The zero-order valence-electron chi connectivity index (χ0n) is 19.6. The highest BCUT2D eigenvalue weighted by Crippen LogP contribution is 2.18. The second kappa shape index (κ2) is 12.4. The number of benzene rings is 1. The van der Waals surface area contributed by atoms with Crippen LogP contribution in [-0.2, 0) is 11.3 Å². The van der Waals surface area contributed by atoms with Crippen molar-refractivity contribution >= 4 is 35.8 Å². The first-order valence-corrected chi connectivity index (χ1v) is 11.7. The molecule has 0 aliphatic carbocycles. The van der Waals surface area contributed by atoms with Crippen LogP contribution in [0.1, 0.15) is 32.4 Å². The van der Waals surface area contributed by atoms with Gasteiger partial charge in [-0.3, -0.25) is 9.69 Å². The third kappa shape index (κ3) is 6.47. The molecule has 1 unspecified atom stereocenters. The summed E-state index contributed by atoms with van der Waals surface area (Å²) < 4.78 is 5.64. The number of guanidine groups is 1. The molecule has 2 fully saturated rings. The molecule has 1 aromatic carbocycles. The Balaban J connectivity index is 0.00000306. The van der Waals surface area contributed by atoms with E-state index in [4.69, 9.17) is 9.41 Å². The molecule has 1 aromatic heterocycles. The van der Waals surface area contributed by atoms with Crippen molar-refractivity contribution in [3.05, 3.63) is 42.3 Å². The van der Waals surface area contributed by atoms with Gasteiger partial charge in [0.05, 0.1) is 12.6 Å². The van der Waals surface area contributed by atoms with Crippen molar-refractivity contribution in [3.8, 4) is 11.5 Å². The minimum Gasteiger partial charge on any atom is -0.444 e. The Morgan fingerprint density at radius 1 is 1.09 bits per heavy atom. The van der Waals surface area contributed by atoms with E-state index in [2.05, 4.69) is 27.0 Å². The van der Waals surface area contributed by atoms with Crippen molar-refractivity contribution in [3.63, 3.8) is 0 Å². The number of nitrogens with one attached hydrogen (secondary N) is 1. The molecule has 1 atom stereocenters. The summed E-state index contributed by atoms with van der Waals surface area (Å²) in [5.74, 6) is 1.78. The topological polar surface area (TPSA) is 77.2 Å². The van der Waals surface area contributed by atoms with Gasteiger partial charge < -0.3 is 19.5 Å². The van der Waals surface area contributed by atoms with Crippen LogP contribution in [0, 0.1) is 0 Å². The SMILES string of the molecule is CCNC(=NCc1coc(-c2ccccc2)n1)N1CCN(C(C)C(=O)N2CCCC2)CC1.I. The number of hydrogen-bond acceptors (Lipinski definition) is 5. The number of aliphatic imine (C=N–C) groups is 1. The monoisotopic (exact) mass is 566 g/mol. The van der Waals surface area contributed by atoms with E-state index in [1.165, 1.54) is 0 Å². The predicted octanol–water partition coefficient (Wildman–Crippen LogP) is 3.05. The molecule has 8 nitrogen and oxygen atoms in total. The molecule has 3 heterocycles. The number of nitrogens with zero attached hydrogens (tertiary/aromatic N) is 5. The number of rotatable bonds is 6. The van der Waals surface area contributed by atoms with Gasteiger partial charge in [0.1, 0.15) is 12.0 Å². The van der Waals surface area contributed by atoms with Crippen LogP contribution in [0.25, 0.3) is 11.5 Å². The van der Waals surface area contributed by atoms with Gasteiger partial charge >= 0.3 is 0 Å². The maximum absolute atomic E-state index is 12.7. The van der Waals surface area contributed by atoms with Gasteiger partial charge in [-0.15, -0.1) is 24.0 Å². The third-order valence-electron chi connectivity index (χ3n) is 6.23. The summed E-state index contributed by atoms with van der Waals surface area (Å²) in [5.41, 5.74) is 1.77. The summed E-state index contributed by atoms with van der Waals surface area (Å²) >= 11 is 0. The fourth-order valence-corrected chi connectivity index (χ4v) is 4.35. The molecule has 2 saturated heterocycles. The Hall–Kier alpha value is -2.14. The van der Waals surface area contributed by atoms with E-state index in [-0.39, 0.29) is 35.9 Å². The van der Waals surface area contributed by atoms with Gasteiger partial charge in [-0.2, -0.15) is 0 Å². The Kier molecular flexibility index (Phi) is 9.54. The number of carbonyl (C=O) groups is 1. The van der Waals surface area contributed by atoms with Gasteiger partial charge in [0.2, 0.25) is 11.8 Å². The van der Waals surface area contributed by atoms with Crippen molar-refractivity contribution in [2.24, 2.45) is 4.99 Å². The number of carbonyl (C=O) groups excluding carboxylic acids is 1. The molecule has 2 aromatic rings. The minimum atomic E-state index is -0.0543. The molecule has 0 saturated carbocycles. The summed E-state index contributed by atoms with van der Waals surface area (Å²) in [4.78, 5) is 28.7. The zero-order valence-corrected chi connectivity index (χ0v) is 21.9. The standard InChI is InChI=1S/C24H34N6O2.HI/c1-3-25-24(26-17-21-18-32-22(27-21)20-9-5-4-6-10-20)30-15-13-28(14-16-30)19(2)23(31)29-11-7-8-12-29;/h4-6,9-10,18-19H,3,7-8,11-17H2,1-2H3,(H,25,26);1H. The molecule has 0 spiro atoms. The van der Waals surface area contributed by atoms with E-state index in [0.717, 1.165) is 75.9 Å². The zero-order chi connectivity index (χ0) is 22.3. The molecule has 2 aliphatic heterocycles. The molecule has 33 heavy (non-hydrogen) atoms. The first-order valence-electron chi connectivity index (χ1n) is 11.7. The minimum absolute atomic E-state index is 0. The Bertz CT molecular complexity index is 905. The van der Waals surface area contributed by atoms with E-state index < -0.39 is 0 Å². The van der Waals surface area contributed by atoms with Crippen LogP contribution in [0.4, 0.5) is 0 Å². The second-order valence-electron chi connectivity index (χ2n) is 8.41. The van der Waals surface area contributed by atoms with Gasteiger partial charge in [0.25, 0.3) is 0 Å². The van der Waals surface area contributed by atoms with E-state index in [1.807, 2.05) is 42.2 Å². The first-order chi connectivity index (χ1) is 15.7. The maximum Gasteiger partial charge on any atom is 0.239 e. The Morgan fingerprint density at radius 2 is 1.79 bits per heavy atom. The molecular weight excluding hydrogens is 531 g/mol. The number of likely N-dealkylation sites (tertiary alicyclic amines) is 1. The number of amides is 1. The van der Waals surface area contributed by atoms with Crippen molar-refractivity contribution in [1.29, 1.82) is 0 Å². The van der Waals surface area contributed by atoms with Gasteiger partial charge in [-0.05, 0) is 38.8 Å². The number of hydrogen-bond donors (Lipinski definition) is 1. The normalized spacial score (nSPS) is 18.2. The van der Waals surface area contributed by atoms with Crippen LogP contribution in [0.5, 0.6) is 0 Å². The lowest BCUT2D eigenvalue weighted by molar-refractivity contribution is -0.135. The van der Waals surface area contributed by atoms with Gasteiger partial charge in [0.15, 0.2) is 5.96 Å². The molecule has 4 rings (SSSR count). The van der Waals surface area contributed by atoms with E-state index in [1.54, 1.807) is 6.26 Å². The summed E-state index contributed by atoms with van der Waals surface area (Å²) in [6, 6.07) is 9.83. The fraction of sp³-hybridized carbons (Fsp3) is 0.542. The maximum atomic E-state index is 12.7. The number of oxazole rings is 1. The van der Waals surface area contributed by atoms with Crippen LogP contribution in [0.15, 0.2) is 46.0 Å². The largest absolute Gasteiger partial charge is 0.444 e. The van der Waals surface area contributed by atoms with Crippen molar-refractivity contribution in [2.45, 2.75) is 39.3 Å². The summed E-state index contributed by atoms with van der Waals surface area (Å²) in [5, 5.41) is 3.40. The van der Waals surface area contributed by atoms with Crippen molar-refractivity contribution in [1.82, 2.24) is 25.0 Å². The molecular formula is C24H35IN6O2. The van der Waals surface area contributed by atoms with Crippen molar-refractivity contribution < 1.29 is 9.21 Å². The number of piperazine rings is 1. The fourth-order valence-electron chi connectivity index (χ4n) is 4.35. The quantitative estimate of drug-likeness (QED) is 0.329. The smallest absolute Gasteiger partial charge is 0.239 e. The number of aromatic nitrogens is 1.